The predicted molar refractivity (Wildman–Crippen MR) is 93.1 cm³/mol. The zero-order valence-electron chi connectivity index (χ0n) is 12.9. The molecule has 0 fully saturated rings. The topological polar surface area (TPSA) is 91.2 Å². The van der Waals surface area contributed by atoms with Crippen LogP contribution in [0.25, 0.3) is 0 Å². The van der Waals surface area contributed by atoms with E-state index in [0.717, 1.165) is 0 Å². The van der Waals surface area contributed by atoms with Gasteiger partial charge in [0.15, 0.2) is 6.61 Å². The van der Waals surface area contributed by atoms with E-state index < -0.39 is 11.8 Å². The van der Waals surface area contributed by atoms with Crippen LogP contribution in [0.4, 0.5) is 0 Å². The van der Waals surface area contributed by atoms with Gasteiger partial charge < -0.3 is 4.74 Å². The van der Waals surface area contributed by atoms with E-state index in [1.807, 2.05) is 6.07 Å². The van der Waals surface area contributed by atoms with Crippen molar-refractivity contribution in [3.63, 3.8) is 0 Å². The number of hydrogen-bond acceptors (Lipinski definition) is 4. The summed E-state index contributed by atoms with van der Waals surface area (Å²) in [5.74, 6) is -0.776. The molecule has 128 valence electrons. The van der Waals surface area contributed by atoms with Crippen LogP contribution in [0.5, 0.6) is 5.75 Å². The van der Waals surface area contributed by atoms with Crippen LogP contribution in [0.2, 0.25) is 10.0 Å². The molecule has 2 N–H and O–H groups in total. The summed E-state index contributed by atoms with van der Waals surface area (Å²) in [6.45, 7) is -0.355. The third-order valence-corrected chi connectivity index (χ3v) is 3.81. The van der Waals surface area contributed by atoms with Gasteiger partial charge in [0.2, 0.25) is 5.91 Å². The van der Waals surface area contributed by atoms with Crippen molar-refractivity contribution in [3.8, 4) is 11.8 Å². The predicted octanol–water partition coefficient (Wildman–Crippen LogP) is 2.63. The zero-order valence-corrected chi connectivity index (χ0v) is 14.4. The van der Waals surface area contributed by atoms with Gasteiger partial charge in [-0.2, -0.15) is 5.26 Å². The molecule has 25 heavy (non-hydrogen) atoms. The second-order valence-corrected chi connectivity index (χ2v) is 5.68. The molecule has 0 aliphatic rings. The van der Waals surface area contributed by atoms with Crippen LogP contribution in [-0.2, 0) is 16.0 Å². The summed E-state index contributed by atoms with van der Waals surface area (Å²) in [5.41, 5.74) is 5.25. The molecule has 0 spiro atoms. The molecule has 2 rings (SSSR count). The summed E-state index contributed by atoms with van der Waals surface area (Å²) in [7, 11) is 0. The first-order valence-electron chi connectivity index (χ1n) is 7.13. The Balaban J connectivity index is 1.82. The van der Waals surface area contributed by atoms with E-state index in [9.17, 15) is 9.59 Å². The van der Waals surface area contributed by atoms with Gasteiger partial charge in [0, 0.05) is 10.0 Å². The minimum Gasteiger partial charge on any atom is -0.482 e. The Bertz CT molecular complexity index is 814. The number of carbonyl (C=O) groups excluding carboxylic acids is 2. The third kappa shape index (κ3) is 5.38. The van der Waals surface area contributed by atoms with E-state index in [1.165, 1.54) is 0 Å². The van der Waals surface area contributed by atoms with Crippen LogP contribution in [0.15, 0.2) is 42.5 Å². The van der Waals surface area contributed by atoms with Gasteiger partial charge in [-0.3, -0.25) is 20.4 Å². The average Bonchev–Trinajstić information content (AvgIpc) is 2.61. The van der Waals surface area contributed by atoms with Crippen LogP contribution in [0, 0.1) is 11.3 Å². The monoisotopic (exact) mass is 377 g/mol. The van der Waals surface area contributed by atoms with E-state index in [1.54, 1.807) is 42.5 Å². The number of amides is 2. The number of ether oxygens (including phenoxy) is 1. The molecular formula is C17H13Cl2N3O3. The first-order chi connectivity index (χ1) is 12.0. The molecule has 2 aromatic carbocycles. The molecule has 2 amide bonds. The molecule has 0 atom stereocenters. The number of halogens is 2. The van der Waals surface area contributed by atoms with Gasteiger partial charge in [-0.15, -0.1) is 0 Å². The Morgan fingerprint density at radius 2 is 1.64 bits per heavy atom. The fourth-order valence-corrected chi connectivity index (χ4v) is 2.44. The number of nitriles is 1. The lowest BCUT2D eigenvalue weighted by Crippen LogP contribution is -2.44. The molecule has 0 saturated carbocycles. The Morgan fingerprint density at radius 3 is 2.32 bits per heavy atom. The van der Waals surface area contributed by atoms with Crippen LogP contribution in [-0.4, -0.2) is 18.4 Å². The number of nitrogens with zero attached hydrogens (tertiary/aromatic N) is 1. The van der Waals surface area contributed by atoms with Crippen molar-refractivity contribution in [2.45, 2.75) is 6.42 Å². The van der Waals surface area contributed by atoms with Gasteiger partial charge in [-0.1, -0.05) is 41.4 Å². The molecule has 0 unspecified atom stereocenters. The lowest BCUT2D eigenvalue weighted by molar-refractivity contribution is -0.129. The van der Waals surface area contributed by atoms with Crippen molar-refractivity contribution in [1.29, 1.82) is 5.26 Å². The first kappa shape index (κ1) is 18.6. The first-order valence-corrected chi connectivity index (χ1v) is 7.89. The third-order valence-electron chi connectivity index (χ3n) is 3.11. The van der Waals surface area contributed by atoms with Crippen LogP contribution < -0.4 is 15.6 Å². The summed E-state index contributed by atoms with van der Waals surface area (Å²) in [6, 6.07) is 13.4. The Hall–Kier alpha value is -2.75. The fraction of sp³-hybridized carbons (Fsp3) is 0.118. The fourth-order valence-electron chi connectivity index (χ4n) is 1.91. The number of rotatable bonds is 5. The van der Waals surface area contributed by atoms with Gasteiger partial charge in [0.25, 0.3) is 5.91 Å². The van der Waals surface area contributed by atoms with E-state index in [-0.39, 0.29) is 18.8 Å². The van der Waals surface area contributed by atoms with E-state index >= 15 is 0 Å². The second-order valence-electron chi connectivity index (χ2n) is 4.87. The molecule has 0 aliphatic heterocycles. The van der Waals surface area contributed by atoms with Crippen molar-refractivity contribution < 1.29 is 14.3 Å². The summed E-state index contributed by atoms with van der Waals surface area (Å²) in [6.07, 6.45) is -0.0864. The Morgan fingerprint density at radius 1 is 1.00 bits per heavy atom. The standard InChI is InChI=1S/C17H13Cl2N3O3/c18-13-5-3-6-14(19)12(13)8-16(23)21-22-17(24)10-25-15-7-2-1-4-11(15)9-20/h1-7H,8,10H2,(H,21,23)(H,22,24). The maximum atomic E-state index is 11.9. The van der Waals surface area contributed by atoms with Gasteiger partial charge in [0.1, 0.15) is 11.8 Å². The van der Waals surface area contributed by atoms with Gasteiger partial charge in [-0.05, 0) is 29.8 Å². The second kappa shape index (κ2) is 8.92. The summed E-state index contributed by atoms with van der Waals surface area (Å²) < 4.78 is 5.25. The Labute approximate surface area is 154 Å². The SMILES string of the molecule is N#Cc1ccccc1OCC(=O)NNC(=O)Cc1c(Cl)cccc1Cl. The number of para-hydroxylation sites is 1. The van der Waals surface area contributed by atoms with Gasteiger partial charge in [0.05, 0.1) is 12.0 Å². The quantitative estimate of drug-likeness (QED) is 0.783. The normalized spacial score (nSPS) is 9.80. The molecule has 0 aromatic heterocycles. The largest absolute Gasteiger partial charge is 0.482 e. The van der Waals surface area contributed by atoms with Crippen molar-refractivity contribution in [1.82, 2.24) is 10.9 Å². The summed E-state index contributed by atoms with van der Waals surface area (Å²) >= 11 is 12.0. The minimum absolute atomic E-state index is 0.0864. The zero-order chi connectivity index (χ0) is 18.2. The number of carbonyl (C=O) groups is 2. The highest BCUT2D eigenvalue weighted by atomic mass is 35.5. The van der Waals surface area contributed by atoms with Gasteiger partial charge >= 0.3 is 0 Å². The lowest BCUT2D eigenvalue weighted by Gasteiger charge is -2.10. The minimum atomic E-state index is -0.577. The van der Waals surface area contributed by atoms with Crippen molar-refractivity contribution in [2.24, 2.45) is 0 Å². The number of nitrogens with one attached hydrogen (secondary N) is 2. The highest BCUT2D eigenvalue weighted by Crippen LogP contribution is 2.24. The maximum absolute atomic E-state index is 11.9. The summed E-state index contributed by atoms with van der Waals surface area (Å²) in [5, 5.41) is 9.67. The molecule has 0 aliphatic carbocycles. The molecule has 0 bridgehead atoms. The van der Waals surface area contributed by atoms with E-state index in [2.05, 4.69) is 10.9 Å². The molecule has 0 radical (unpaired) electrons. The maximum Gasteiger partial charge on any atom is 0.276 e. The van der Waals surface area contributed by atoms with E-state index in [4.69, 9.17) is 33.2 Å². The molecule has 0 saturated heterocycles. The molecule has 6 nitrogen and oxygen atoms in total. The van der Waals surface area contributed by atoms with E-state index in [0.29, 0.717) is 21.2 Å². The smallest absolute Gasteiger partial charge is 0.276 e. The number of benzene rings is 2. The molecule has 0 heterocycles. The van der Waals surface area contributed by atoms with Crippen molar-refractivity contribution in [2.75, 3.05) is 6.61 Å². The highest BCUT2D eigenvalue weighted by molar-refractivity contribution is 6.36. The lowest BCUT2D eigenvalue weighted by atomic mass is 10.1. The van der Waals surface area contributed by atoms with Crippen LogP contribution in [0.1, 0.15) is 11.1 Å². The number of hydrogen-bond donors (Lipinski definition) is 2. The molecule has 8 heteroatoms. The summed E-state index contributed by atoms with van der Waals surface area (Å²) in [4.78, 5) is 23.6. The molecule has 2 aromatic rings. The van der Waals surface area contributed by atoms with Crippen LogP contribution in [0.3, 0.4) is 0 Å². The van der Waals surface area contributed by atoms with Crippen LogP contribution >= 0.6 is 23.2 Å². The van der Waals surface area contributed by atoms with Crippen molar-refractivity contribution >= 4 is 35.0 Å². The van der Waals surface area contributed by atoms with Gasteiger partial charge in [-0.25, -0.2) is 0 Å². The Kier molecular flexibility index (Phi) is 6.63. The van der Waals surface area contributed by atoms with Crippen molar-refractivity contribution in [3.05, 3.63) is 63.6 Å². The molecular weight excluding hydrogens is 365 g/mol. The number of hydrazine groups is 1. The highest BCUT2D eigenvalue weighted by Gasteiger charge is 2.12. The average molecular weight is 378 g/mol.